The van der Waals surface area contributed by atoms with E-state index in [0.29, 0.717) is 17.6 Å². The second-order valence-electron chi connectivity index (χ2n) is 17.8. The van der Waals surface area contributed by atoms with Crippen LogP contribution in [0.15, 0.2) is 158 Å². The number of anilines is 1. The molecule has 0 fully saturated rings. The van der Waals surface area contributed by atoms with Crippen LogP contribution in [0.2, 0.25) is 0 Å². The maximum absolute atomic E-state index is 14.7. The van der Waals surface area contributed by atoms with Crippen LogP contribution in [0.4, 0.5) is 10.6 Å². The molecule has 2 aromatic heterocycles. The summed E-state index contributed by atoms with van der Waals surface area (Å²) in [6.07, 6.45) is 0.398. The fraction of sp³-hybridized carbons (Fsp3) is 0.228. The largest absolute Gasteiger partial charge is 0.449 e. The normalized spacial score (nSPS) is 13.9. The molecule has 2 heterocycles. The Bertz CT molecular complexity index is 3160. The molecule has 10 rings (SSSR count). The summed E-state index contributed by atoms with van der Waals surface area (Å²) in [7, 11) is 0. The molecule has 6 aromatic carbocycles. The van der Waals surface area contributed by atoms with Gasteiger partial charge >= 0.3 is 6.09 Å². The van der Waals surface area contributed by atoms with Crippen LogP contribution >= 0.6 is 0 Å². The van der Waals surface area contributed by atoms with Gasteiger partial charge in [0.05, 0.1) is 25.6 Å². The van der Waals surface area contributed by atoms with Crippen molar-refractivity contribution in [2.75, 3.05) is 24.7 Å². The van der Waals surface area contributed by atoms with Crippen molar-refractivity contribution in [3.05, 3.63) is 203 Å². The molecular formula is C57H53N7O8. The number of nitrogens with one attached hydrogen (secondary N) is 2. The van der Waals surface area contributed by atoms with Gasteiger partial charge in [0.1, 0.15) is 19.2 Å². The summed E-state index contributed by atoms with van der Waals surface area (Å²) in [5, 5.41) is 26.4. The van der Waals surface area contributed by atoms with Crippen molar-refractivity contribution in [3.63, 3.8) is 0 Å². The first-order valence-corrected chi connectivity index (χ1v) is 24.0. The molecule has 2 aliphatic carbocycles. The second kappa shape index (κ2) is 21.2. The van der Waals surface area contributed by atoms with E-state index < -0.39 is 36.7 Å². The first-order valence-electron chi connectivity index (χ1n) is 24.0. The topological polar surface area (TPSA) is 190 Å². The lowest BCUT2D eigenvalue weighted by Crippen LogP contribution is -2.38. The average Bonchev–Trinajstić information content (AvgIpc) is 4.11. The van der Waals surface area contributed by atoms with Gasteiger partial charge in [0, 0.05) is 36.1 Å². The highest BCUT2D eigenvalue weighted by Crippen LogP contribution is 2.46. The van der Waals surface area contributed by atoms with E-state index in [1.807, 2.05) is 55.5 Å². The summed E-state index contributed by atoms with van der Waals surface area (Å²) in [6.45, 7) is 4.25. The average molecular weight is 964 g/mol. The van der Waals surface area contributed by atoms with E-state index in [-0.39, 0.29) is 67.2 Å². The molecule has 15 heteroatoms. The number of carbonyl (C=O) groups excluding carboxylic acids is 3. The number of aliphatic hydroxyl groups is 2. The van der Waals surface area contributed by atoms with Crippen molar-refractivity contribution in [2.45, 2.75) is 63.9 Å². The quantitative estimate of drug-likeness (QED) is 0.0473. The third kappa shape index (κ3) is 9.63. The number of ether oxygens (including phenoxy) is 3. The molecular weight excluding hydrogens is 911 g/mol. The lowest BCUT2D eigenvalue weighted by atomic mass is 9.98. The number of imidazole rings is 1. The fourth-order valence-electron chi connectivity index (χ4n) is 9.67. The van der Waals surface area contributed by atoms with Gasteiger partial charge in [-0.3, -0.25) is 19.5 Å². The van der Waals surface area contributed by atoms with Crippen LogP contribution in [-0.4, -0.2) is 80.0 Å². The molecule has 0 saturated heterocycles. The molecule has 364 valence electrons. The number of fused-ring (bicyclic) bond motifs is 7. The Hall–Kier alpha value is -7.92. The molecule has 0 bridgehead atoms. The van der Waals surface area contributed by atoms with E-state index in [2.05, 4.69) is 74.1 Å². The Labute approximate surface area is 416 Å². The maximum Gasteiger partial charge on any atom is 0.407 e. The number of amides is 3. The summed E-state index contributed by atoms with van der Waals surface area (Å²) in [5.41, 5.74) is 11.4. The van der Waals surface area contributed by atoms with Crippen LogP contribution in [0.5, 0.6) is 0 Å². The number of nitrogens with zero attached hydrogens (tertiary/aromatic N) is 5. The molecule has 0 aliphatic heterocycles. The van der Waals surface area contributed by atoms with E-state index in [4.69, 9.17) is 14.2 Å². The van der Waals surface area contributed by atoms with Crippen LogP contribution < -0.4 is 15.5 Å². The lowest BCUT2D eigenvalue weighted by molar-refractivity contribution is -0.123. The van der Waals surface area contributed by atoms with Gasteiger partial charge in [-0.2, -0.15) is 0 Å². The van der Waals surface area contributed by atoms with Gasteiger partial charge in [-0.1, -0.05) is 128 Å². The highest BCUT2D eigenvalue weighted by Gasteiger charge is 2.33. The van der Waals surface area contributed by atoms with Crippen molar-refractivity contribution < 1.29 is 38.8 Å². The van der Waals surface area contributed by atoms with Gasteiger partial charge in [0.25, 0.3) is 11.8 Å². The first-order chi connectivity index (χ1) is 35.2. The molecule has 0 spiro atoms. The van der Waals surface area contributed by atoms with Gasteiger partial charge in [0.2, 0.25) is 6.41 Å². The molecule has 8 aromatic rings. The SMILES string of the molecule is CC[C@@H](O[C@@H](C)CO)n1cnc2c(N(C(=O)c3ccc(CNC(=O)OCC4c5ccccc5-c5ccccc54)cc3)C(=O)c3ccc(CNC(O)OCC4c5ccccc5-c5ccccc54)cc3)ncnc21. The number of carbonyl (C=O) groups is 3. The summed E-state index contributed by atoms with van der Waals surface area (Å²) in [4.78, 5) is 56.9. The smallest absolute Gasteiger partial charge is 0.407 e. The summed E-state index contributed by atoms with van der Waals surface area (Å²) < 4.78 is 19.4. The maximum atomic E-state index is 14.7. The third-order valence-corrected chi connectivity index (χ3v) is 13.3. The number of imide groups is 1. The van der Waals surface area contributed by atoms with E-state index in [0.717, 1.165) is 55.0 Å². The summed E-state index contributed by atoms with van der Waals surface area (Å²) in [6, 6.07) is 45.9. The van der Waals surface area contributed by atoms with Crippen molar-refractivity contribution >= 4 is 34.9 Å². The van der Waals surface area contributed by atoms with E-state index in [9.17, 15) is 24.6 Å². The minimum absolute atomic E-state index is 0.0252. The summed E-state index contributed by atoms with van der Waals surface area (Å²) >= 11 is 0. The van der Waals surface area contributed by atoms with E-state index in [1.165, 1.54) is 12.7 Å². The van der Waals surface area contributed by atoms with Crippen LogP contribution in [-0.2, 0) is 27.3 Å². The number of hydrogen-bond acceptors (Lipinski definition) is 12. The van der Waals surface area contributed by atoms with Crippen molar-refractivity contribution in [3.8, 4) is 22.3 Å². The fourth-order valence-corrected chi connectivity index (χ4v) is 9.67. The highest BCUT2D eigenvalue weighted by molar-refractivity contribution is 6.27. The third-order valence-electron chi connectivity index (χ3n) is 13.3. The molecule has 2 aliphatic rings. The van der Waals surface area contributed by atoms with Gasteiger partial charge < -0.3 is 29.7 Å². The Morgan fingerprint density at radius 1 is 0.667 bits per heavy atom. The molecule has 72 heavy (non-hydrogen) atoms. The Balaban J connectivity index is 0.831. The van der Waals surface area contributed by atoms with Crippen LogP contribution in [0.25, 0.3) is 33.4 Å². The molecule has 3 atom stereocenters. The number of alkyl carbamates (subject to hydrolysis) is 1. The number of benzene rings is 6. The first kappa shape index (κ1) is 47.7. The molecule has 3 amide bonds. The van der Waals surface area contributed by atoms with Crippen LogP contribution in [0, 0.1) is 0 Å². The zero-order valence-corrected chi connectivity index (χ0v) is 39.7. The van der Waals surface area contributed by atoms with Gasteiger partial charge in [0.15, 0.2) is 17.0 Å². The van der Waals surface area contributed by atoms with E-state index in [1.54, 1.807) is 60.0 Å². The van der Waals surface area contributed by atoms with Crippen molar-refractivity contribution in [2.24, 2.45) is 0 Å². The number of aliphatic hydroxyl groups excluding tert-OH is 2. The monoisotopic (exact) mass is 963 g/mol. The second-order valence-corrected chi connectivity index (χ2v) is 17.8. The van der Waals surface area contributed by atoms with Crippen molar-refractivity contribution in [1.82, 2.24) is 30.2 Å². The lowest BCUT2D eigenvalue weighted by Gasteiger charge is -2.22. The van der Waals surface area contributed by atoms with Crippen LogP contribution in [0.1, 0.15) is 92.4 Å². The van der Waals surface area contributed by atoms with Crippen molar-refractivity contribution in [1.29, 1.82) is 0 Å². The molecule has 0 saturated carbocycles. The molecule has 1 unspecified atom stereocenters. The number of aromatic nitrogens is 4. The molecule has 4 N–H and O–H groups in total. The molecule has 0 radical (unpaired) electrons. The predicted molar refractivity (Wildman–Crippen MR) is 271 cm³/mol. The van der Waals surface area contributed by atoms with Crippen LogP contribution in [0.3, 0.4) is 0 Å². The van der Waals surface area contributed by atoms with E-state index >= 15 is 0 Å². The Morgan fingerprint density at radius 2 is 1.17 bits per heavy atom. The molecule has 15 nitrogen and oxygen atoms in total. The Morgan fingerprint density at radius 3 is 1.68 bits per heavy atom. The van der Waals surface area contributed by atoms with Gasteiger partial charge in [-0.25, -0.2) is 24.6 Å². The number of rotatable bonds is 18. The zero-order valence-electron chi connectivity index (χ0n) is 39.7. The minimum atomic E-state index is -1.26. The van der Waals surface area contributed by atoms with Gasteiger partial charge in [-0.05, 0) is 93.2 Å². The Kier molecular flexibility index (Phi) is 14.1. The summed E-state index contributed by atoms with van der Waals surface area (Å²) in [5.74, 6) is -1.50. The standard InChI is InChI=1S/C57H53N7O8/c1-3-50(72-35(2)30-65)63-34-62-51-52(63)60-33-61-53(51)64(54(66)38-24-20-36(21-25-38)28-58-56(68)70-31-48-44-16-8-4-12-40(44)41-13-5-9-17-45(41)48)55(67)39-26-22-37(23-27-39)29-59-57(69)71-32-49-46-18-10-6-14-42(46)43-15-7-11-19-47(43)49/h4-27,33-35,48-50,56,58,65,68H,3,28-32H2,1-2H3,(H,59,69)/t35-,50+,56?/m0/s1. The minimum Gasteiger partial charge on any atom is -0.449 e. The zero-order chi connectivity index (χ0) is 49.7. The van der Waals surface area contributed by atoms with Gasteiger partial charge in [-0.15, -0.1) is 0 Å². The number of hydrogen-bond donors (Lipinski definition) is 4. The predicted octanol–water partition coefficient (Wildman–Crippen LogP) is 8.85. The highest BCUT2D eigenvalue weighted by atomic mass is 16.6.